The lowest BCUT2D eigenvalue weighted by Crippen LogP contribution is -2.30. The lowest BCUT2D eigenvalue weighted by atomic mass is 9.96. The molecule has 5 aromatic rings. The van der Waals surface area contributed by atoms with Crippen LogP contribution < -0.4 is 5.56 Å². The molecule has 0 unspecified atom stereocenters. The van der Waals surface area contributed by atoms with E-state index in [0.717, 1.165) is 4.90 Å². The number of carbonyl (C=O) groups is 2. The first-order chi connectivity index (χ1) is 18.4. The van der Waals surface area contributed by atoms with E-state index in [9.17, 15) is 19.6 Å². The van der Waals surface area contributed by atoms with Crippen LogP contribution in [0.2, 0.25) is 5.02 Å². The van der Waals surface area contributed by atoms with Gasteiger partial charge in [0.2, 0.25) is 0 Å². The molecule has 2 amide bonds. The van der Waals surface area contributed by atoms with Crippen molar-refractivity contribution in [3.63, 3.8) is 0 Å². The molecule has 2 aromatic heterocycles. The molecule has 1 aliphatic rings. The first-order valence-corrected chi connectivity index (χ1v) is 11.9. The van der Waals surface area contributed by atoms with E-state index in [-0.39, 0.29) is 6.54 Å². The van der Waals surface area contributed by atoms with Gasteiger partial charge in [0.25, 0.3) is 17.4 Å². The fourth-order valence-electron chi connectivity index (χ4n) is 4.84. The van der Waals surface area contributed by atoms with Crippen LogP contribution in [-0.2, 0) is 13.6 Å². The van der Waals surface area contributed by atoms with E-state index < -0.39 is 17.4 Å². The van der Waals surface area contributed by atoms with Crippen LogP contribution in [0.1, 0.15) is 32.0 Å². The van der Waals surface area contributed by atoms with Crippen molar-refractivity contribution in [1.82, 2.24) is 24.9 Å². The average Bonchev–Trinajstić information content (AvgIpc) is 3.42. The number of carbonyl (C=O) groups excluding carboxylic acids is 2. The van der Waals surface area contributed by atoms with Gasteiger partial charge in [0.1, 0.15) is 6.07 Å². The fraction of sp³-hybridized carbons (Fsp3) is 0.0714. The summed E-state index contributed by atoms with van der Waals surface area (Å²) >= 11 is 6.29. The summed E-state index contributed by atoms with van der Waals surface area (Å²) in [5.41, 5.74) is 3.66. The summed E-state index contributed by atoms with van der Waals surface area (Å²) in [6, 6.07) is 19.2. The number of amides is 2. The molecule has 0 spiro atoms. The lowest BCUT2D eigenvalue weighted by molar-refractivity contribution is 0.0640. The van der Waals surface area contributed by atoms with Gasteiger partial charge in [-0.1, -0.05) is 41.9 Å². The van der Waals surface area contributed by atoms with E-state index in [1.165, 1.54) is 0 Å². The summed E-state index contributed by atoms with van der Waals surface area (Å²) < 4.78 is 1.65. The second kappa shape index (κ2) is 8.80. The first kappa shape index (κ1) is 23.3. The highest BCUT2D eigenvalue weighted by atomic mass is 35.5. The quantitative estimate of drug-likeness (QED) is 0.352. The summed E-state index contributed by atoms with van der Waals surface area (Å²) in [6.07, 6.45) is 1.67. The molecule has 38 heavy (non-hydrogen) atoms. The van der Waals surface area contributed by atoms with E-state index in [0.29, 0.717) is 60.6 Å². The molecule has 0 saturated heterocycles. The second-order valence-corrected chi connectivity index (χ2v) is 9.21. The van der Waals surface area contributed by atoms with Gasteiger partial charge >= 0.3 is 0 Å². The minimum atomic E-state index is -0.414. The summed E-state index contributed by atoms with van der Waals surface area (Å²) in [6.45, 7) is -0.115. The number of aromatic nitrogens is 4. The normalized spacial score (nSPS) is 12.7. The molecule has 9 nitrogen and oxygen atoms in total. The molecule has 0 bridgehead atoms. The number of nitrogens with zero attached hydrogens (tertiary/aromatic N) is 5. The van der Waals surface area contributed by atoms with Crippen LogP contribution in [0.25, 0.3) is 33.2 Å². The zero-order chi connectivity index (χ0) is 26.6. The largest absolute Gasteiger partial charge is 0.272 e. The van der Waals surface area contributed by atoms with Crippen molar-refractivity contribution in [2.24, 2.45) is 7.05 Å². The van der Waals surface area contributed by atoms with E-state index >= 15 is 0 Å². The molecule has 3 aromatic carbocycles. The molecule has 1 N–H and O–H groups in total. The molecule has 0 saturated carbocycles. The minimum absolute atomic E-state index is 0.115. The Bertz CT molecular complexity index is 1880. The molecular weight excluding hydrogens is 504 g/mol. The molecule has 0 fully saturated rings. The van der Waals surface area contributed by atoms with E-state index in [4.69, 9.17) is 11.6 Å². The van der Waals surface area contributed by atoms with Gasteiger partial charge in [-0.15, -0.1) is 0 Å². The van der Waals surface area contributed by atoms with Gasteiger partial charge < -0.3 is 0 Å². The van der Waals surface area contributed by atoms with Gasteiger partial charge in [-0.25, -0.2) is 5.10 Å². The Hall–Kier alpha value is -5.07. The van der Waals surface area contributed by atoms with Crippen LogP contribution in [0, 0.1) is 11.3 Å². The molecular formula is C28H17ClN6O3. The van der Waals surface area contributed by atoms with E-state index in [2.05, 4.69) is 21.4 Å². The number of aryl methyl sites for hydroxylation is 1. The summed E-state index contributed by atoms with van der Waals surface area (Å²) in [4.78, 5) is 39.6. The number of rotatable bonds is 4. The number of hydrogen-bond acceptors (Lipinski definition) is 6. The Kier molecular flexibility index (Phi) is 5.40. The zero-order valence-electron chi connectivity index (χ0n) is 19.9. The van der Waals surface area contributed by atoms with Crippen LogP contribution in [0.4, 0.5) is 0 Å². The number of halogens is 1. The van der Waals surface area contributed by atoms with Crippen LogP contribution in [-0.4, -0.2) is 36.7 Å². The average molecular weight is 521 g/mol. The number of aromatic amines is 1. The van der Waals surface area contributed by atoms with Gasteiger partial charge in [-0.05, 0) is 35.9 Å². The third kappa shape index (κ3) is 3.50. The summed E-state index contributed by atoms with van der Waals surface area (Å²) in [5, 5.41) is 22.0. The molecule has 1 aliphatic heterocycles. The molecule has 184 valence electrons. The van der Waals surface area contributed by atoms with Crippen molar-refractivity contribution in [3.8, 4) is 28.5 Å². The highest BCUT2D eigenvalue weighted by Gasteiger charge is 2.35. The van der Waals surface area contributed by atoms with Crippen molar-refractivity contribution < 1.29 is 9.59 Å². The monoisotopic (exact) mass is 520 g/mol. The van der Waals surface area contributed by atoms with Crippen molar-refractivity contribution >= 4 is 34.2 Å². The first-order valence-electron chi connectivity index (χ1n) is 11.6. The van der Waals surface area contributed by atoms with Crippen LogP contribution in [0.5, 0.6) is 0 Å². The summed E-state index contributed by atoms with van der Waals surface area (Å²) in [5.74, 6) is -0.829. The standard InChI is InChI=1S/C28H17ClN6O3/c1-34-25(16-7-4-8-23(29)21(16)12-30)22(13-31-34)15-9-10-17-20(11-15)24(32-33-26(17)36)14-35-27(37)18-5-2-3-6-19(18)28(35)38/h2-11,13H,14H2,1H3,(H,33,36). The van der Waals surface area contributed by atoms with Crippen molar-refractivity contribution in [1.29, 1.82) is 5.26 Å². The number of fused-ring (bicyclic) bond motifs is 2. The number of nitrogens with one attached hydrogen (secondary N) is 1. The predicted molar refractivity (Wildman–Crippen MR) is 140 cm³/mol. The zero-order valence-corrected chi connectivity index (χ0v) is 20.7. The van der Waals surface area contributed by atoms with Crippen LogP contribution in [0.15, 0.2) is 71.7 Å². The number of imide groups is 1. The van der Waals surface area contributed by atoms with Crippen LogP contribution >= 0.6 is 11.6 Å². The second-order valence-electron chi connectivity index (χ2n) is 8.81. The summed E-state index contributed by atoms with van der Waals surface area (Å²) in [7, 11) is 1.77. The molecule has 0 aliphatic carbocycles. The Morgan fingerprint density at radius 3 is 2.34 bits per heavy atom. The van der Waals surface area contributed by atoms with Crippen molar-refractivity contribution in [3.05, 3.63) is 105 Å². The number of hydrogen-bond donors (Lipinski definition) is 1. The lowest BCUT2D eigenvalue weighted by Gasteiger charge is -2.15. The Balaban J connectivity index is 1.48. The smallest absolute Gasteiger partial charge is 0.269 e. The minimum Gasteiger partial charge on any atom is -0.269 e. The van der Waals surface area contributed by atoms with Gasteiger partial charge in [-0.3, -0.25) is 24.0 Å². The maximum absolute atomic E-state index is 13.0. The third-order valence-electron chi connectivity index (χ3n) is 6.68. The maximum Gasteiger partial charge on any atom is 0.272 e. The third-order valence-corrected chi connectivity index (χ3v) is 7.00. The predicted octanol–water partition coefficient (Wildman–Crippen LogP) is 4.31. The van der Waals surface area contributed by atoms with Gasteiger partial charge in [0.15, 0.2) is 0 Å². The van der Waals surface area contributed by atoms with E-state index in [1.807, 2.05) is 0 Å². The SMILES string of the molecule is Cn1ncc(-c2ccc3c(=O)[nH]nc(CN4C(=O)c5ccccc5C4=O)c3c2)c1-c1cccc(Cl)c1C#N. The molecule has 0 radical (unpaired) electrons. The number of nitriles is 1. The highest BCUT2D eigenvalue weighted by molar-refractivity contribution is 6.32. The van der Waals surface area contributed by atoms with Gasteiger partial charge in [0.05, 0.1) is 51.2 Å². The van der Waals surface area contributed by atoms with E-state index in [1.54, 1.807) is 78.6 Å². The number of benzene rings is 3. The number of H-pyrrole nitrogens is 1. The Labute approximate surface area is 220 Å². The van der Waals surface area contributed by atoms with Crippen molar-refractivity contribution in [2.45, 2.75) is 6.54 Å². The Morgan fingerprint density at radius 1 is 0.921 bits per heavy atom. The van der Waals surface area contributed by atoms with Crippen LogP contribution in [0.3, 0.4) is 0 Å². The molecule has 10 heteroatoms. The van der Waals surface area contributed by atoms with Gasteiger partial charge in [-0.2, -0.15) is 15.5 Å². The molecule has 6 rings (SSSR count). The highest BCUT2D eigenvalue weighted by Crippen LogP contribution is 2.37. The topological polar surface area (TPSA) is 125 Å². The van der Waals surface area contributed by atoms with Gasteiger partial charge in [0, 0.05) is 23.6 Å². The maximum atomic E-state index is 13.0. The molecule has 3 heterocycles. The van der Waals surface area contributed by atoms with Crippen molar-refractivity contribution in [2.75, 3.05) is 0 Å². The molecule has 0 atom stereocenters. The fourth-order valence-corrected chi connectivity index (χ4v) is 5.06. The Morgan fingerprint density at radius 2 is 1.63 bits per heavy atom.